The average molecular weight is 233 g/mol. The molecule has 0 aliphatic heterocycles. The first-order valence-corrected chi connectivity index (χ1v) is 5.09. The molecule has 1 amide bonds. The van der Waals surface area contributed by atoms with Crippen LogP contribution in [0, 0.1) is 0 Å². The first-order chi connectivity index (χ1) is 8.20. The fourth-order valence-electron chi connectivity index (χ4n) is 1.33. The summed E-state index contributed by atoms with van der Waals surface area (Å²) in [6, 6.07) is 0. The number of hydrogen-bond acceptors (Lipinski definition) is 4. The highest BCUT2D eigenvalue weighted by Crippen LogP contribution is 2.11. The van der Waals surface area contributed by atoms with E-state index in [4.69, 9.17) is 0 Å². The molecule has 3 N–H and O–H groups in total. The quantitative estimate of drug-likeness (QED) is 0.709. The third kappa shape index (κ3) is 2.39. The molecule has 2 aromatic rings. The van der Waals surface area contributed by atoms with Crippen LogP contribution in [0.2, 0.25) is 0 Å². The van der Waals surface area contributed by atoms with Gasteiger partial charge in [0.1, 0.15) is 11.5 Å². The lowest BCUT2D eigenvalue weighted by Gasteiger charge is -2.03. The van der Waals surface area contributed by atoms with Crippen LogP contribution in [0.15, 0.2) is 23.4 Å². The standard InChI is InChI=1S/C10H11N5O2/c1-2-6-3-13-15-9(6)14-10(17)7-4-12-8(16)5-11-7/h3-5H,2H2,1H3,(H,12,16)(H2,13,14,15,17). The highest BCUT2D eigenvalue weighted by Gasteiger charge is 2.10. The zero-order valence-electron chi connectivity index (χ0n) is 9.15. The number of nitrogens with one attached hydrogen (secondary N) is 3. The number of aromatic amines is 2. The van der Waals surface area contributed by atoms with Gasteiger partial charge in [-0.15, -0.1) is 0 Å². The van der Waals surface area contributed by atoms with E-state index in [-0.39, 0.29) is 11.3 Å². The minimum atomic E-state index is -0.403. The van der Waals surface area contributed by atoms with Crippen molar-refractivity contribution in [1.29, 1.82) is 0 Å². The van der Waals surface area contributed by atoms with E-state index in [1.54, 1.807) is 6.20 Å². The molecule has 2 heterocycles. The molecule has 0 spiro atoms. The van der Waals surface area contributed by atoms with Gasteiger partial charge < -0.3 is 10.3 Å². The molecule has 0 aliphatic rings. The number of rotatable bonds is 3. The molecule has 7 heteroatoms. The molecule has 0 saturated carbocycles. The van der Waals surface area contributed by atoms with Gasteiger partial charge in [0.05, 0.1) is 12.4 Å². The van der Waals surface area contributed by atoms with Crippen LogP contribution in [-0.2, 0) is 6.42 Å². The summed E-state index contributed by atoms with van der Waals surface area (Å²) < 4.78 is 0. The lowest BCUT2D eigenvalue weighted by Crippen LogP contribution is -2.17. The Balaban J connectivity index is 2.17. The molecule has 2 rings (SSSR count). The molecule has 17 heavy (non-hydrogen) atoms. The Morgan fingerprint density at radius 2 is 2.29 bits per heavy atom. The van der Waals surface area contributed by atoms with E-state index in [0.29, 0.717) is 5.82 Å². The van der Waals surface area contributed by atoms with E-state index in [0.717, 1.165) is 18.2 Å². The van der Waals surface area contributed by atoms with Crippen molar-refractivity contribution in [2.75, 3.05) is 5.32 Å². The van der Waals surface area contributed by atoms with Crippen LogP contribution in [0.3, 0.4) is 0 Å². The summed E-state index contributed by atoms with van der Waals surface area (Å²) in [5, 5.41) is 9.16. The lowest BCUT2D eigenvalue weighted by molar-refractivity contribution is 0.102. The van der Waals surface area contributed by atoms with Crippen molar-refractivity contribution in [3.8, 4) is 0 Å². The Labute approximate surface area is 96.3 Å². The Kier molecular flexibility index (Phi) is 2.99. The van der Waals surface area contributed by atoms with E-state index in [9.17, 15) is 9.59 Å². The maximum atomic E-state index is 11.7. The SMILES string of the molecule is CCc1cn[nH]c1NC(=O)c1c[nH]c(=O)cn1. The maximum absolute atomic E-state index is 11.7. The fraction of sp³-hybridized carbons (Fsp3) is 0.200. The maximum Gasteiger partial charge on any atom is 0.276 e. The topological polar surface area (TPSA) is 104 Å². The number of carbonyl (C=O) groups excluding carboxylic acids is 1. The second kappa shape index (κ2) is 4.60. The number of aryl methyl sites for hydroxylation is 1. The fourth-order valence-corrected chi connectivity index (χ4v) is 1.33. The summed E-state index contributed by atoms with van der Waals surface area (Å²) in [5.74, 6) is 0.144. The Morgan fingerprint density at radius 1 is 1.47 bits per heavy atom. The molecule has 0 fully saturated rings. The molecule has 7 nitrogen and oxygen atoms in total. The molecule has 0 aliphatic carbocycles. The predicted octanol–water partition coefficient (Wildman–Crippen LogP) is 0.308. The number of H-pyrrole nitrogens is 2. The van der Waals surface area contributed by atoms with Crippen molar-refractivity contribution in [2.24, 2.45) is 0 Å². The molecule has 0 radical (unpaired) electrons. The van der Waals surface area contributed by atoms with E-state index in [1.165, 1.54) is 6.20 Å². The summed E-state index contributed by atoms with van der Waals surface area (Å²) >= 11 is 0. The molecule has 88 valence electrons. The van der Waals surface area contributed by atoms with Crippen LogP contribution >= 0.6 is 0 Å². The van der Waals surface area contributed by atoms with Crippen molar-refractivity contribution in [3.05, 3.63) is 40.2 Å². The van der Waals surface area contributed by atoms with Gasteiger partial charge in [0.25, 0.3) is 11.5 Å². The van der Waals surface area contributed by atoms with E-state index in [1.807, 2.05) is 6.92 Å². The first-order valence-electron chi connectivity index (χ1n) is 5.09. The van der Waals surface area contributed by atoms with Crippen LogP contribution in [0.4, 0.5) is 5.82 Å². The van der Waals surface area contributed by atoms with Gasteiger partial charge >= 0.3 is 0 Å². The Bertz CT molecular complexity index is 566. The smallest absolute Gasteiger partial charge is 0.276 e. The molecule has 2 aromatic heterocycles. The van der Waals surface area contributed by atoms with Gasteiger partial charge in [0, 0.05) is 11.8 Å². The molecule has 0 unspecified atom stereocenters. The van der Waals surface area contributed by atoms with Gasteiger partial charge in [-0.05, 0) is 6.42 Å². The number of hydrogen-bond donors (Lipinski definition) is 3. The monoisotopic (exact) mass is 233 g/mol. The van der Waals surface area contributed by atoms with Crippen LogP contribution in [0.25, 0.3) is 0 Å². The van der Waals surface area contributed by atoms with Crippen LogP contribution in [0.5, 0.6) is 0 Å². The largest absolute Gasteiger partial charge is 0.325 e. The van der Waals surface area contributed by atoms with Crippen molar-refractivity contribution >= 4 is 11.7 Å². The van der Waals surface area contributed by atoms with E-state index < -0.39 is 5.91 Å². The molecule has 0 atom stereocenters. The van der Waals surface area contributed by atoms with Crippen LogP contribution in [0.1, 0.15) is 23.0 Å². The van der Waals surface area contributed by atoms with Gasteiger partial charge in [0.15, 0.2) is 0 Å². The third-order valence-electron chi connectivity index (χ3n) is 2.24. The van der Waals surface area contributed by atoms with Crippen molar-refractivity contribution < 1.29 is 4.79 Å². The normalized spacial score (nSPS) is 10.2. The zero-order chi connectivity index (χ0) is 12.3. The number of amides is 1. The van der Waals surface area contributed by atoms with Gasteiger partial charge in [-0.2, -0.15) is 5.10 Å². The van der Waals surface area contributed by atoms with Gasteiger partial charge in [-0.1, -0.05) is 6.92 Å². The molecule has 0 bridgehead atoms. The first kappa shape index (κ1) is 11.1. The lowest BCUT2D eigenvalue weighted by atomic mass is 10.2. The minimum absolute atomic E-state index is 0.140. The van der Waals surface area contributed by atoms with Crippen molar-refractivity contribution in [1.82, 2.24) is 20.2 Å². The second-order valence-electron chi connectivity index (χ2n) is 3.37. The van der Waals surface area contributed by atoms with Gasteiger partial charge in [-0.25, -0.2) is 4.98 Å². The summed E-state index contributed by atoms with van der Waals surface area (Å²) in [4.78, 5) is 28.7. The number of carbonyl (C=O) groups is 1. The molecular formula is C10H11N5O2. The molecule has 0 saturated heterocycles. The summed E-state index contributed by atoms with van der Waals surface area (Å²) in [5.41, 5.74) is 0.696. The minimum Gasteiger partial charge on any atom is -0.325 e. The Hall–Kier alpha value is -2.44. The van der Waals surface area contributed by atoms with E-state index in [2.05, 4.69) is 25.5 Å². The van der Waals surface area contributed by atoms with E-state index >= 15 is 0 Å². The predicted molar refractivity (Wildman–Crippen MR) is 60.8 cm³/mol. The summed E-state index contributed by atoms with van der Waals surface area (Å²) in [6.45, 7) is 1.96. The van der Waals surface area contributed by atoms with Crippen molar-refractivity contribution in [2.45, 2.75) is 13.3 Å². The van der Waals surface area contributed by atoms with Gasteiger partial charge in [0.2, 0.25) is 0 Å². The average Bonchev–Trinajstić information content (AvgIpc) is 2.77. The number of anilines is 1. The van der Waals surface area contributed by atoms with Crippen molar-refractivity contribution in [3.63, 3.8) is 0 Å². The zero-order valence-corrected chi connectivity index (χ0v) is 9.15. The second-order valence-corrected chi connectivity index (χ2v) is 3.37. The molecule has 0 aromatic carbocycles. The summed E-state index contributed by atoms with van der Waals surface area (Å²) in [7, 11) is 0. The highest BCUT2D eigenvalue weighted by atomic mass is 16.2. The number of aromatic nitrogens is 4. The third-order valence-corrected chi connectivity index (χ3v) is 2.24. The van der Waals surface area contributed by atoms with Gasteiger partial charge in [-0.3, -0.25) is 14.7 Å². The van der Waals surface area contributed by atoms with Crippen LogP contribution in [-0.4, -0.2) is 26.1 Å². The van der Waals surface area contributed by atoms with Crippen LogP contribution < -0.4 is 10.9 Å². The summed E-state index contributed by atoms with van der Waals surface area (Å²) in [6.07, 6.45) is 4.73. The Morgan fingerprint density at radius 3 is 2.94 bits per heavy atom. The molecular weight excluding hydrogens is 222 g/mol. The number of nitrogens with zero attached hydrogens (tertiary/aromatic N) is 2. The highest BCUT2D eigenvalue weighted by molar-refractivity contribution is 6.02.